The first-order valence-electron chi connectivity index (χ1n) is 8.33. The van der Waals surface area contributed by atoms with E-state index in [4.69, 9.17) is 4.42 Å². The highest BCUT2D eigenvalue weighted by atomic mass is 19.1. The summed E-state index contributed by atoms with van der Waals surface area (Å²) in [5.41, 5.74) is 0.665. The van der Waals surface area contributed by atoms with Crippen molar-refractivity contribution in [3.8, 4) is 11.5 Å². The van der Waals surface area contributed by atoms with Crippen LogP contribution < -0.4 is 10.6 Å². The van der Waals surface area contributed by atoms with Gasteiger partial charge in [0.15, 0.2) is 0 Å². The Bertz CT molecular complexity index is 665. The van der Waals surface area contributed by atoms with Gasteiger partial charge in [0.25, 0.3) is 0 Å². The maximum absolute atomic E-state index is 12.9. The van der Waals surface area contributed by atoms with Crippen molar-refractivity contribution < 1.29 is 13.6 Å². The SMILES string of the molecule is O=C(NCCc1nnc(-c2ccc(F)cc2)o1)NC1CCCCC1. The van der Waals surface area contributed by atoms with E-state index < -0.39 is 0 Å². The number of carbonyl (C=O) groups is 1. The summed E-state index contributed by atoms with van der Waals surface area (Å²) in [7, 11) is 0. The molecule has 24 heavy (non-hydrogen) atoms. The molecule has 0 unspecified atom stereocenters. The number of amides is 2. The Morgan fingerprint density at radius 3 is 2.67 bits per heavy atom. The van der Waals surface area contributed by atoms with Crippen LogP contribution in [0.3, 0.4) is 0 Å². The van der Waals surface area contributed by atoms with Crippen LogP contribution in [0, 0.1) is 5.82 Å². The van der Waals surface area contributed by atoms with Crippen LogP contribution in [0.4, 0.5) is 9.18 Å². The summed E-state index contributed by atoms with van der Waals surface area (Å²) in [6.45, 7) is 0.420. The lowest BCUT2D eigenvalue weighted by Gasteiger charge is -2.22. The van der Waals surface area contributed by atoms with E-state index in [1.807, 2.05) is 0 Å². The van der Waals surface area contributed by atoms with Gasteiger partial charge in [-0.2, -0.15) is 0 Å². The minimum Gasteiger partial charge on any atom is -0.421 e. The van der Waals surface area contributed by atoms with Crippen molar-refractivity contribution in [1.82, 2.24) is 20.8 Å². The normalized spacial score (nSPS) is 15.2. The summed E-state index contributed by atoms with van der Waals surface area (Å²) in [5.74, 6) is 0.468. The highest BCUT2D eigenvalue weighted by Gasteiger charge is 2.15. The van der Waals surface area contributed by atoms with Crippen molar-refractivity contribution in [2.24, 2.45) is 0 Å². The molecule has 0 saturated heterocycles. The summed E-state index contributed by atoms with van der Waals surface area (Å²) < 4.78 is 18.4. The van der Waals surface area contributed by atoms with Crippen LogP contribution in [-0.4, -0.2) is 28.8 Å². The van der Waals surface area contributed by atoms with Crippen LogP contribution >= 0.6 is 0 Å². The molecule has 2 amide bonds. The van der Waals surface area contributed by atoms with Crippen molar-refractivity contribution in [1.29, 1.82) is 0 Å². The Morgan fingerprint density at radius 1 is 1.17 bits per heavy atom. The second-order valence-corrected chi connectivity index (χ2v) is 5.99. The van der Waals surface area contributed by atoms with Gasteiger partial charge >= 0.3 is 6.03 Å². The molecule has 1 aliphatic carbocycles. The molecule has 1 aliphatic rings. The van der Waals surface area contributed by atoms with Gasteiger partial charge in [0.1, 0.15) is 5.82 Å². The third-order valence-corrected chi connectivity index (χ3v) is 4.12. The number of hydrogen-bond acceptors (Lipinski definition) is 4. The molecule has 2 N–H and O–H groups in total. The van der Waals surface area contributed by atoms with Crippen LogP contribution in [0.2, 0.25) is 0 Å². The highest BCUT2D eigenvalue weighted by molar-refractivity contribution is 5.74. The second kappa shape index (κ2) is 7.90. The molecule has 1 heterocycles. The Hall–Kier alpha value is -2.44. The summed E-state index contributed by atoms with van der Waals surface area (Å²) in [6.07, 6.45) is 6.17. The topological polar surface area (TPSA) is 80.1 Å². The number of nitrogens with zero attached hydrogens (tertiary/aromatic N) is 2. The number of rotatable bonds is 5. The molecule has 3 rings (SSSR count). The molecule has 1 fully saturated rings. The van der Waals surface area contributed by atoms with Crippen molar-refractivity contribution in [2.45, 2.75) is 44.6 Å². The summed E-state index contributed by atoms with van der Waals surface area (Å²) in [4.78, 5) is 11.8. The first-order chi connectivity index (χ1) is 11.7. The number of urea groups is 1. The monoisotopic (exact) mass is 332 g/mol. The van der Waals surface area contributed by atoms with Crippen LogP contribution in [0.15, 0.2) is 28.7 Å². The van der Waals surface area contributed by atoms with Crippen molar-refractivity contribution in [2.75, 3.05) is 6.54 Å². The van der Waals surface area contributed by atoms with Gasteiger partial charge in [0.05, 0.1) is 0 Å². The minimum atomic E-state index is -0.313. The smallest absolute Gasteiger partial charge is 0.315 e. The quantitative estimate of drug-likeness (QED) is 0.882. The van der Waals surface area contributed by atoms with Gasteiger partial charge in [-0.3, -0.25) is 0 Å². The molecule has 1 aromatic heterocycles. The van der Waals surface area contributed by atoms with Gasteiger partial charge in [-0.25, -0.2) is 9.18 Å². The van der Waals surface area contributed by atoms with Gasteiger partial charge in [0, 0.05) is 24.6 Å². The molecular weight excluding hydrogens is 311 g/mol. The Balaban J connectivity index is 1.43. The molecule has 6 nitrogen and oxygen atoms in total. The van der Waals surface area contributed by atoms with Crippen LogP contribution in [0.5, 0.6) is 0 Å². The fraction of sp³-hybridized carbons (Fsp3) is 0.471. The van der Waals surface area contributed by atoms with Crippen molar-refractivity contribution in [3.63, 3.8) is 0 Å². The molecule has 1 aromatic carbocycles. The third kappa shape index (κ3) is 4.53. The maximum Gasteiger partial charge on any atom is 0.315 e. The van der Waals surface area contributed by atoms with E-state index in [1.54, 1.807) is 12.1 Å². The number of halogens is 1. The van der Waals surface area contributed by atoms with Crippen molar-refractivity contribution >= 4 is 6.03 Å². The second-order valence-electron chi connectivity index (χ2n) is 5.99. The maximum atomic E-state index is 12.9. The minimum absolute atomic E-state index is 0.153. The number of aromatic nitrogens is 2. The fourth-order valence-electron chi connectivity index (χ4n) is 2.83. The van der Waals surface area contributed by atoms with Crippen molar-refractivity contribution in [3.05, 3.63) is 36.0 Å². The number of carbonyl (C=O) groups excluding carboxylic acids is 1. The zero-order valence-electron chi connectivity index (χ0n) is 13.4. The third-order valence-electron chi connectivity index (χ3n) is 4.12. The van der Waals surface area contributed by atoms with E-state index in [0.717, 1.165) is 12.8 Å². The summed E-state index contributed by atoms with van der Waals surface area (Å²) in [5, 5.41) is 13.7. The number of hydrogen-bond donors (Lipinski definition) is 2. The lowest BCUT2D eigenvalue weighted by Crippen LogP contribution is -2.43. The average Bonchev–Trinajstić information content (AvgIpc) is 3.05. The molecule has 7 heteroatoms. The zero-order chi connectivity index (χ0) is 16.8. The summed E-state index contributed by atoms with van der Waals surface area (Å²) in [6, 6.07) is 5.99. The molecule has 2 aromatic rings. The van der Waals surface area contributed by atoms with E-state index in [2.05, 4.69) is 20.8 Å². The molecule has 0 bridgehead atoms. The molecule has 0 atom stereocenters. The van der Waals surface area contributed by atoms with E-state index in [0.29, 0.717) is 30.3 Å². The lowest BCUT2D eigenvalue weighted by atomic mass is 9.96. The molecule has 1 saturated carbocycles. The van der Waals surface area contributed by atoms with Gasteiger partial charge < -0.3 is 15.1 Å². The van der Waals surface area contributed by atoms with Crippen LogP contribution in [-0.2, 0) is 6.42 Å². The fourth-order valence-corrected chi connectivity index (χ4v) is 2.83. The highest BCUT2D eigenvalue weighted by Crippen LogP contribution is 2.18. The van der Waals surface area contributed by atoms with Gasteiger partial charge in [-0.05, 0) is 37.1 Å². The Morgan fingerprint density at radius 2 is 1.92 bits per heavy atom. The van der Waals surface area contributed by atoms with E-state index in [-0.39, 0.29) is 17.9 Å². The standard InChI is InChI=1S/C17H21FN4O2/c18-13-8-6-12(7-9-13)16-22-21-15(24-16)10-11-19-17(23)20-14-4-2-1-3-5-14/h6-9,14H,1-5,10-11H2,(H2,19,20,23). The molecular formula is C17H21FN4O2. The zero-order valence-corrected chi connectivity index (χ0v) is 13.4. The van der Waals surface area contributed by atoms with E-state index in [9.17, 15) is 9.18 Å². The van der Waals surface area contributed by atoms with E-state index in [1.165, 1.54) is 31.4 Å². The number of nitrogens with one attached hydrogen (secondary N) is 2. The first kappa shape index (κ1) is 16.4. The van der Waals surface area contributed by atoms with Crippen LogP contribution in [0.1, 0.15) is 38.0 Å². The predicted octanol–water partition coefficient (Wildman–Crippen LogP) is 3.05. The Labute approximate surface area is 139 Å². The van der Waals surface area contributed by atoms with Gasteiger partial charge in [-0.1, -0.05) is 19.3 Å². The number of benzene rings is 1. The first-order valence-corrected chi connectivity index (χ1v) is 8.33. The van der Waals surface area contributed by atoms with Crippen LogP contribution in [0.25, 0.3) is 11.5 Å². The van der Waals surface area contributed by atoms with Gasteiger partial charge in [0.2, 0.25) is 11.8 Å². The van der Waals surface area contributed by atoms with Gasteiger partial charge in [-0.15, -0.1) is 10.2 Å². The Kier molecular flexibility index (Phi) is 5.40. The molecule has 0 radical (unpaired) electrons. The average molecular weight is 332 g/mol. The molecule has 0 spiro atoms. The predicted molar refractivity (Wildman–Crippen MR) is 86.8 cm³/mol. The summed E-state index contributed by atoms with van der Waals surface area (Å²) >= 11 is 0. The lowest BCUT2D eigenvalue weighted by molar-refractivity contribution is 0.232. The van der Waals surface area contributed by atoms with E-state index >= 15 is 0 Å². The molecule has 0 aliphatic heterocycles. The largest absolute Gasteiger partial charge is 0.421 e. The molecule has 128 valence electrons.